The number of benzene rings is 2. The Labute approximate surface area is 166 Å². The fourth-order valence-electron chi connectivity index (χ4n) is 2.94. The molecule has 2 heterocycles. The maximum atomic E-state index is 12.7. The summed E-state index contributed by atoms with van der Waals surface area (Å²) in [6, 6.07) is 14.0. The van der Waals surface area contributed by atoms with Crippen LogP contribution in [0.2, 0.25) is 0 Å². The second-order valence-electron chi connectivity index (χ2n) is 6.28. The SMILES string of the molecule is CSc1ncccc1C(=O)Nc1ccc2c(c1)C(=O)Nc1cc(C)ccc1O2. The Balaban J connectivity index is 1.63. The fraction of sp³-hybridized carbons (Fsp3) is 0.0952. The molecule has 1 aliphatic rings. The first kappa shape index (κ1) is 18.1. The number of rotatable bonds is 3. The van der Waals surface area contributed by atoms with Crippen LogP contribution in [0.3, 0.4) is 0 Å². The van der Waals surface area contributed by atoms with Gasteiger partial charge in [-0.15, -0.1) is 11.8 Å². The second-order valence-corrected chi connectivity index (χ2v) is 7.08. The van der Waals surface area contributed by atoms with E-state index in [1.807, 2.05) is 31.4 Å². The summed E-state index contributed by atoms with van der Waals surface area (Å²) in [5, 5.41) is 6.33. The number of carbonyl (C=O) groups is 2. The minimum absolute atomic E-state index is 0.286. The maximum absolute atomic E-state index is 12.7. The van der Waals surface area contributed by atoms with Crippen LogP contribution in [0.15, 0.2) is 59.8 Å². The number of ether oxygens (including phenoxy) is 1. The van der Waals surface area contributed by atoms with Crippen LogP contribution >= 0.6 is 11.8 Å². The quantitative estimate of drug-likeness (QED) is 0.632. The van der Waals surface area contributed by atoms with Crippen molar-refractivity contribution in [3.05, 3.63) is 71.4 Å². The number of anilines is 2. The average Bonchev–Trinajstić information content (AvgIpc) is 2.83. The highest BCUT2D eigenvalue weighted by Gasteiger charge is 2.22. The zero-order valence-corrected chi connectivity index (χ0v) is 16.1. The first-order valence-electron chi connectivity index (χ1n) is 8.59. The highest BCUT2D eigenvalue weighted by atomic mass is 32.2. The lowest BCUT2D eigenvalue weighted by Gasteiger charge is -2.11. The zero-order valence-electron chi connectivity index (χ0n) is 15.3. The van der Waals surface area contributed by atoms with Gasteiger partial charge in [0, 0.05) is 11.9 Å². The van der Waals surface area contributed by atoms with Gasteiger partial charge in [0.1, 0.15) is 10.8 Å². The van der Waals surface area contributed by atoms with Crippen molar-refractivity contribution in [3.63, 3.8) is 0 Å². The molecule has 4 rings (SSSR count). The zero-order chi connectivity index (χ0) is 19.7. The third-order valence-corrected chi connectivity index (χ3v) is 5.01. The summed E-state index contributed by atoms with van der Waals surface area (Å²) >= 11 is 1.40. The number of hydrogen-bond acceptors (Lipinski definition) is 5. The Morgan fingerprint density at radius 2 is 1.96 bits per heavy atom. The molecule has 28 heavy (non-hydrogen) atoms. The van der Waals surface area contributed by atoms with Crippen LogP contribution in [0.5, 0.6) is 11.5 Å². The van der Waals surface area contributed by atoms with Crippen molar-refractivity contribution in [2.45, 2.75) is 11.9 Å². The molecule has 0 saturated carbocycles. The van der Waals surface area contributed by atoms with Crippen LogP contribution in [0.1, 0.15) is 26.3 Å². The molecular formula is C21H17N3O3S. The van der Waals surface area contributed by atoms with Gasteiger partial charge in [0.25, 0.3) is 11.8 Å². The number of nitrogens with zero attached hydrogens (tertiary/aromatic N) is 1. The number of fused-ring (bicyclic) bond motifs is 2. The van der Waals surface area contributed by atoms with Gasteiger partial charge in [-0.3, -0.25) is 9.59 Å². The normalized spacial score (nSPS) is 12.1. The molecule has 140 valence electrons. The summed E-state index contributed by atoms with van der Waals surface area (Å²) in [6.45, 7) is 1.94. The summed E-state index contributed by atoms with van der Waals surface area (Å²) in [5.41, 5.74) is 2.96. The van der Waals surface area contributed by atoms with Crippen LogP contribution in [-0.2, 0) is 0 Å². The third-order valence-electron chi connectivity index (χ3n) is 4.29. The molecule has 2 amide bonds. The lowest BCUT2D eigenvalue weighted by molar-refractivity contribution is 0.101. The summed E-state index contributed by atoms with van der Waals surface area (Å²) in [6.07, 6.45) is 3.51. The number of pyridine rings is 1. The molecule has 3 aromatic rings. The molecule has 2 N–H and O–H groups in total. The average molecular weight is 391 g/mol. The van der Waals surface area contributed by atoms with Gasteiger partial charge in [-0.1, -0.05) is 6.07 Å². The largest absolute Gasteiger partial charge is 0.454 e. The molecule has 0 unspecified atom stereocenters. The highest BCUT2D eigenvalue weighted by Crippen LogP contribution is 2.37. The highest BCUT2D eigenvalue weighted by molar-refractivity contribution is 7.98. The van der Waals surface area contributed by atoms with Gasteiger partial charge < -0.3 is 15.4 Å². The first-order chi connectivity index (χ1) is 13.5. The Morgan fingerprint density at radius 3 is 2.79 bits per heavy atom. The minimum atomic E-state index is -0.290. The monoisotopic (exact) mass is 391 g/mol. The predicted molar refractivity (Wildman–Crippen MR) is 110 cm³/mol. The molecule has 0 atom stereocenters. The van der Waals surface area contributed by atoms with Gasteiger partial charge in [-0.25, -0.2) is 4.98 Å². The van der Waals surface area contributed by atoms with E-state index in [4.69, 9.17) is 4.74 Å². The molecular weight excluding hydrogens is 374 g/mol. The first-order valence-corrected chi connectivity index (χ1v) is 9.82. The third kappa shape index (κ3) is 3.44. The van der Waals surface area contributed by atoms with E-state index in [2.05, 4.69) is 15.6 Å². The smallest absolute Gasteiger partial charge is 0.259 e. The number of amides is 2. The number of nitrogens with one attached hydrogen (secondary N) is 2. The van der Waals surface area contributed by atoms with Crippen molar-refractivity contribution in [2.75, 3.05) is 16.9 Å². The number of thioether (sulfide) groups is 1. The predicted octanol–water partition coefficient (Wildman–Crippen LogP) is 4.72. The van der Waals surface area contributed by atoms with Crippen molar-refractivity contribution in [2.24, 2.45) is 0 Å². The summed E-state index contributed by atoms with van der Waals surface area (Å²) in [5.74, 6) is 0.437. The van der Waals surface area contributed by atoms with Crippen LogP contribution in [0.4, 0.5) is 11.4 Å². The molecule has 2 aromatic carbocycles. The van der Waals surface area contributed by atoms with Crippen LogP contribution in [-0.4, -0.2) is 23.1 Å². The van der Waals surface area contributed by atoms with Crippen molar-refractivity contribution in [3.8, 4) is 11.5 Å². The van der Waals surface area contributed by atoms with Gasteiger partial charge in [-0.05, 0) is 61.2 Å². The van der Waals surface area contributed by atoms with Gasteiger partial charge in [0.05, 0.1) is 16.8 Å². The van der Waals surface area contributed by atoms with E-state index in [0.29, 0.717) is 39.0 Å². The van der Waals surface area contributed by atoms with E-state index in [9.17, 15) is 9.59 Å². The molecule has 0 aliphatic carbocycles. The van der Waals surface area contributed by atoms with Gasteiger partial charge in [0.2, 0.25) is 0 Å². The Hall–Kier alpha value is -3.32. The van der Waals surface area contributed by atoms with Crippen LogP contribution in [0, 0.1) is 6.92 Å². The van der Waals surface area contributed by atoms with E-state index < -0.39 is 0 Å². The maximum Gasteiger partial charge on any atom is 0.259 e. The van der Waals surface area contributed by atoms with Crippen molar-refractivity contribution >= 4 is 35.0 Å². The van der Waals surface area contributed by atoms with E-state index in [-0.39, 0.29) is 11.8 Å². The second kappa shape index (κ2) is 7.36. The summed E-state index contributed by atoms with van der Waals surface area (Å²) in [4.78, 5) is 29.5. The Morgan fingerprint density at radius 1 is 1.14 bits per heavy atom. The summed E-state index contributed by atoms with van der Waals surface area (Å²) in [7, 11) is 0. The summed E-state index contributed by atoms with van der Waals surface area (Å²) < 4.78 is 5.90. The molecule has 0 bridgehead atoms. The molecule has 1 aliphatic heterocycles. The van der Waals surface area contributed by atoms with E-state index >= 15 is 0 Å². The number of carbonyl (C=O) groups excluding carboxylic acids is 2. The topological polar surface area (TPSA) is 80.3 Å². The molecule has 0 fully saturated rings. The standard InChI is InChI=1S/C21H17N3O3S/c1-12-5-7-18-16(10-12)24-20(26)15-11-13(6-8-17(15)27-18)23-19(25)14-4-3-9-22-21(14)28-2/h3-11H,1-2H3,(H,23,25)(H,24,26). The fourth-order valence-corrected chi connectivity index (χ4v) is 3.48. The van der Waals surface area contributed by atoms with E-state index in [0.717, 1.165) is 5.56 Å². The van der Waals surface area contributed by atoms with E-state index in [1.165, 1.54) is 11.8 Å². The lowest BCUT2D eigenvalue weighted by Crippen LogP contribution is -2.15. The van der Waals surface area contributed by atoms with Crippen LogP contribution in [0.25, 0.3) is 0 Å². The molecule has 0 spiro atoms. The van der Waals surface area contributed by atoms with Crippen molar-refractivity contribution in [1.82, 2.24) is 4.98 Å². The van der Waals surface area contributed by atoms with Gasteiger partial charge >= 0.3 is 0 Å². The molecule has 1 aromatic heterocycles. The Kier molecular flexibility index (Phi) is 4.75. The van der Waals surface area contributed by atoms with Gasteiger partial charge in [0.15, 0.2) is 5.75 Å². The lowest BCUT2D eigenvalue weighted by atomic mass is 10.1. The van der Waals surface area contributed by atoms with Crippen LogP contribution < -0.4 is 15.4 Å². The number of aromatic nitrogens is 1. The van der Waals surface area contributed by atoms with E-state index in [1.54, 1.807) is 36.5 Å². The van der Waals surface area contributed by atoms with Gasteiger partial charge in [-0.2, -0.15) is 0 Å². The van der Waals surface area contributed by atoms with Crippen molar-refractivity contribution < 1.29 is 14.3 Å². The molecule has 0 saturated heterocycles. The minimum Gasteiger partial charge on any atom is -0.454 e. The number of hydrogen-bond donors (Lipinski definition) is 2. The molecule has 6 nitrogen and oxygen atoms in total. The van der Waals surface area contributed by atoms with Crippen molar-refractivity contribution in [1.29, 1.82) is 0 Å². The Bertz CT molecular complexity index is 1100. The molecule has 0 radical (unpaired) electrons. The number of aryl methyl sites for hydroxylation is 1. The molecule has 7 heteroatoms.